The molecule has 1 aromatic carbocycles. The lowest BCUT2D eigenvalue weighted by atomic mass is 10.3. The fourth-order valence-corrected chi connectivity index (χ4v) is 1.17. The van der Waals surface area contributed by atoms with Crippen LogP contribution in [0.3, 0.4) is 0 Å². The molecule has 0 heterocycles. The van der Waals surface area contributed by atoms with E-state index in [1.54, 1.807) is 13.1 Å². The molecule has 0 bridgehead atoms. The SMILES string of the molecule is CNc1ccc(F)cc1OC1CC1. The zero-order valence-electron chi connectivity index (χ0n) is 7.51. The van der Waals surface area contributed by atoms with E-state index in [1.165, 1.54) is 12.1 Å². The van der Waals surface area contributed by atoms with Crippen molar-refractivity contribution in [2.45, 2.75) is 18.9 Å². The van der Waals surface area contributed by atoms with Gasteiger partial charge in [0.05, 0.1) is 11.8 Å². The lowest BCUT2D eigenvalue weighted by Gasteiger charge is -2.09. The molecule has 1 saturated carbocycles. The van der Waals surface area contributed by atoms with Gasteiger partial charge in [-0.25, -0.2) is 4.39 Å². The Bertz CT molecular complexity index is 310. The van der Waals surface area contributed by atoms with Crippen molar-refractivity contribution in [2.75, 3.05) is 12.4 Å². The van der Waals surface area contributed by atoms with Gasteiger partial charge < -0.3 is 10.1 Å². The molecule has 0 radical (unpaired) electrons. The Balaban J connectivity index is 2.22. The first-order valence-electron chi connectivity index (χ1n) is 4.43. The summed E-state index contributed by atoms with van der Waals surface area (Å²) in [5, 5.41) is 2.96. The smallest absolute Gasteiger partial charge is 0.145 e. The molecule has 3 heteroatoms. The van der Waals surface area contributed by atoms with Crippen molar-refractivity contribution in [1.29, 1.82) is 0 Å². The van der Waals surface area contributed by atoms with E-state index in [1.807, 2.05) is 0 Å². The maximum atomic E-state index is 12.8. The summed E-state index contributed by atoms with van der Waals surface area (Å²) in [7, 11) is 1.80. The number of ether oxygens (including phenoxy) is 1. The molecule has 70 valence electrons. The molecule has 2 rings (SSSR count). The van der Waals surface area contributed by atoms with Gasteiger partial charge in [0.2, 0.25) is 0 Å². The van der Waals surface area contributed by atoms with Crippen molar-refractivity contribution in [1.82, 2.24) is 0 Å². The molecule has 1 N–H and O–H groups in total. The Kier molecular flexibility index (Phi) is 2.08. The Labute approximate surface area is 76.7 Å². The topological polar surface area (TPSA) is 21.3 Å². The molecule has 0 aliphatic heterocycles. The lowest BCUT2D eigenvalue weighted by molar-refractivity contribution is 0.303. The van der Waals surface area contributed by atoms with Crippen LogP contribution >= 0.6 is 0 Å². The van der Waals surface area contributed by atoms with Gasteiger partial charge in [-0.2, -0.15) is 0 Å². The zero-order chi connectivity index (χ0) is 9.26. The molecule has 1 fully saturated rings. The molecule has 0 unspecified atom stereocenters. The van der Waals surface area contributed by atoms with Crippen molar-refractivity contribution < 1.29 is 9.13 Å². The first kappa shape index (κ1) is 8.35. The molecule has 1 aromatic rings. The third-order valence-corrected chi connectivity index (χ3v) is 2.03. The number of halogens is 1. The van der Waals surface area contributed by atoms with Crippen LogP contribution in [0, 0.1) is 5.82 Å². The van der Waals surface area contributed by atoms with Gasteiger partial charge in [0.25, 0.3) is 0 Å². The van der Waals surface area contributed by atoms with Crippen LogP contribution in [0.2, 0.25) is 0 Å². The highest BCUT2D eigenvalue weighted by atomic mass is 19.1. The number of benzene rings is 1. The quantitative estimate of drug-likeness (QED) is 0.773. The highest BCUT2D eigenvalue weighted by molar-refractivity contribution is 5.56. The first-order chi connectivity index (χ1) is 6.29. The van der Waals surface area contributed by atoms with E-state index in [9.17, 15) is 4.39 Å². The minimum atomic E-state index is -0.255. The van der Waals surface area contributed by atoms with E-state index in [4.69, 9.17) is 4.74 Å². The fourth-order valence-electron chi connectivity index (χ4n) is 1.17. The number of rotatable bonds is 3. The number of anilines is 1. The summed E-state index contributed by atoms with van der Waals surface area (Å²) in [6, 6.07) is 4.53. The number of hydrogen-bond donors (Lipinski definition) is 1. The average molecular weight is 181 g/mol. The molecule has 1 aliphatic rings. The van der Waals surface area contributed by atoms with Gasteiger partial charge in [0, 0.05) is 13.1 Å². The molecule has 2 nitrogen and oxygen atoms in total. The van der Waals surface area contributed by atoms with E-state index in [2.05, 4.69) is 5.32 Å². The van der Waals surface area contributed by atoms with Gasteiger partial charge in [-0.15, -0.1) is 0 Å². The second-order valence-electron chi connectivity index (χ2n) is 3.21. The largest absolute Gasteiger partial charge is 0.488 e. The third kappa shape index (κ3) is 1.91. The molecule has 0 aromatic heterocycles. The Morgan fingerprint density at radius 2 is 2.23 bits per heavy atom. The molecule has 0 amide bonds. The van der Waals surface area contributed by atoms with Gasteiger partial charge in [0.1, 0.15) is 11.6 Å². The predicted molar refractivity (Wildman–Crippen MR) is 49.6 cm³/mol. The summed E-state index contributed by atoms with van der Waals surface area (Å²) < 4.78 is 18.4. The van der Waals surface area contributed by atoms with Crippen LogP contribution in [0.1, 0.15) is 12.8 Å². The average Bonchev–Trinajstić information content (AvgIpc) is 2.89. The summed E-state index contributed by atoms with van der Waals surface area (Å²) in [5.41, 5.74) is 0.841. The van der Waals surface area contributed by atoms with E-state index in [-0.39, 0.29) is 5.82 Å². The van der Waals surface area contributed by atoms with Gasteiger partial charge in [-0.05, 0) is 25.0 Å². The highest BCUT2D eigenvalue weighted by Crippen LogP contribution is 2.32. The van der Waals surface area contributed by atoms with Crippen LogP contribution in [-0.2, 0) is 0 Å². The van der Waals surface area contributed by atoms with E-state index in [0.29, 0.717) is 11.9 Å². The number of hydrogen-bond acceptors (Lipinski definition) is 2. The van der Waals surface area contributed by atoms with Crippen LogP contribution in [0.4, 0.5) is 10.1 Å². The number of nitrogens with one attached hydrogen (secondary N) is 1. The summed E-state index contributed by atoms with van der Waals surface area (Å²) >= 11 is 0. The maximum absolute atomic E-state index is 12.8. The molecule has 1 aliphatic carbocycles. The van der Waals surface area contributed by atoms with Crippen molar-refractivity contribution in [3.05, 3.63) is 24.0 Å². The van der Waals surface area contributed by atoms with Crippen molar-refractivity contribution in [3.63, 3.8) is 0 Å². The monoisotopic (exact) mass is 181 g/mol. The molecule has 0 saturated heterocycles. The van der Waals surface area contributed by atoms with Crippen LogP contribution in [-0.4, -0.2) is 13.2 Å². The van der Waals surface area contributed by atoms with Crippen molar-refractivity contribution in [3.8, 4) is 5.75 Å². The van der Waals surface area contributed by atoms with Crippen LogP contribution in [0.5, 0.6) is 5.75 Å². The summed E-state index contributed by atoms with van der Waals surface area (Å²) in [6.45, 7) is 0. The summed E-state index contributed by atoms with van der Waals surface area (Å²) in [4.78, 5) is 0. The zero-order valence-corrected chi connectivity index (χ0v) is 7.51. The molecule has 0 spiro atoms. The normalized spacial score (nSPS) is 15.5. The Morgan fingerprint density at radius 1 is 1.46 bits per heavy atom. The molecular formula is C10H12FNO. The summed E-state index contributed by atoms with van der Waals surface area (Å²) in [5.74, 6) is 0.361. The highest BCUT2D eigenvalue weighted by Gasteiger charge is 2.24. The van der Waals surface area contributed by atoms with Crippen molar-refractivity contribution in [2.24, 2.45) is 0 Å². The van der Waals surface area contributed by atoms with Gasteiger partial charge in [-0.3, -0.25) is 0 Å². The van der Waals surface area contributed by atoms with Crippen molar-refractivity contribution >= 4 is 5.69 Å². The second-order valence-corrected chi connectivity index (χ2v) is 3.21. The predicted octanol–water partition coefficient (Wildman–Crippen LogP) is 2.41. The minimum absolute atomic E-state index is 0.255. The Hall–Kier alpha value is -1.25. The molecule has 13 heavy (non-hydrogen) atoms. The van der Waals surface area contributed by atoms with Crippen LogP contribution in [0.25, 0.3) is 0 Å². The Morgan fingerprint density at radius 3 is 2.85 bits per heavy atom. The van der Waals surface area contributed by atoms with E-state index < -0.39 is 0 Å². The first-order valence-corrected chi connectivity index (χ1v) is 4.43. The maximum Gasteiger partial charge on any atom is 0.145 e. The van der Waals surface area contributed by atoms with Gasteiger partial charge in [0.15, 0.2) is 0 Å². The van der Waals surface area contributed by atoms with Crippen LogP contribution in [0.15, 0.2) is 18.2 Å². The van der Waals surface area contributed by atoms with Crippen LogP contribution < -0.4 is 10.1 Å². The van der Waals surface area contributed by atoms with E-state index >= 15 is 0 Å². The molecular weight excluding hydrogens is 169 g/mol. The van der Waals surface area contributed by atoms with Gasteiger partial charge >= 0.3 is 0 Å². The van der Waals surface area contributed by atoms with Gasteiger partial charge in [-0.1, -0.05) is 0 Å². The molecule has 0 atom stereocenters. The third-order valence-electron chi connectivity index (χ3n) is 2.03. The summed E-state index contributed by atoms with van der Waals surface area (Å²) in [6.07, 6.45) is 2.47. The lowest BCUT2D eigenvalue weighted by Crippen LogP contribution is -2.00. The van der Waals surface area contributed by atoms with E-state index in [0.717, 1.165) is 18.5 Å². The fraction of sp³-hybridized carbons (Fsp3) is 0.400. The second kappa shape index (κ2) is 3.24. The minimum Gasteiger partial charge on any atom is -0.488 e. The standard InChI is InChI=1S/C10H12FNO/c1-12-9-5-2-7(11)6-10(9)13-8-3-4-8/h2,5-6,8,12H,3-4H2,1H3.